The zero-order valence-electron chi connectivity index (χ0n) is 16.4. The third kappa shape index (κ3) is 3.74. The zero-order valence-corrected chi connectivity index (χ0v) is 18.0. The van der Waals surface area contributed by atoms with Crippen LogP contribution in [0.15, 0.2) is 0 Å². The maximum Gasteiger partial charge on any atom is 0.241 e. The van der Waals surface area contributed by atoms with Crippen molar-refractivity contribution in [2.24, 2.45) is 17.1 Å². The Kier molecular flexibility index (Phi) is 7.82. The number of amides is 1. The van der Waals surface area contributed by atoms with E-state index in [9.17, 15) is 4.79 Å². The third-order valence-electron chi connectivity index (χ3n) is 6.61. The zero-order chi connectivity index (χ0) is 17.6. The highest BCUT2D eigenvalue weighted by atomic mass is 35.5. The van der Waals surface area contributed by atoms with Crippen LogP contribution in [0, 0.1) is 11.3 Å². The van der Waals surface area contributed by atoms with Gasteiger partial charge in [0.1, 0.15) is 5.54 Å². The number of morpholine rings is 1. The second-order valence-electron chi connectivity index (χ2n) is 8.73. The summed E-state index contributed by atoms with van der Waals surface area (Å²) >= 11 is 0. The molecule has 3 unspecified atom stereocenters. The van der Waals surface area contributed by atoms with E-state index in [2.05, 4.69) is 37.9 Å². The molecule has 2 heterocycles. The van der Waals surface area contributed by atoms with Gasteiger partial charge in [-0.1, -0.05) is 13.8 Å². The van der Waals surface area contributed by atoms with Crippen molar-refractivity contribution >= 4 is 30.7 Å². The van der Waals surface area contributed by atoms with E-state index in [0.717, 1.165) is 45.8 Å². The van der Waals surface area contributed by atoms with Gasteiger partial charge in [-0.25, -0.2) is 0 Å². The lowest BCUT2D eigenvalue weighted by Gasteiger charge is -2.65. The summed E-state index contributed by atoms with van der Waals surface area (Å²) in [5, 5.41) is 3.15. The molecule has 0 aromatic carbocycles. The van der Waals surface area contributed by atoms with Crippen molar-refractivity contribution in [2.45, 2.75) is 57.7 Å². The van der Waals surface area contributed by atoms with E-state index in [1.54, 1.807) is 0 Å². The molecule has 3 rings (SSSR count). The van der Waals surface area contributed by atoms with Gasteiger partial charge in [0.05, 0.1) is 19.3 Å². The van der Waals surface area contributed by atoms with Crippen LogP contribution in [0.25, 0.3) is 0 Å². The van der Waals surface area contributed by atoms with E-state index in [1.807, 2.05) is 0 Å². The Morgan fingerprint density at radius 1 is 1.23 bits per heavy atom. The number of nitrogens with two attached hydrogens (primary N) is 1. The number of rotatable bonds is 4. The second-order valence-corrected chi connectivity index (χ2v) is 8.73. The van der Waals surface area contributed by atoms with E-state index < -0.39 is 5.54 Å². The van der Waals surface area contributed by atoms with E-state index in [0.29, 0.717) is 6.54 Å². The fraction of sp³-hybridized carbons (Fsp3) is 0.944. The largest absolute Gasteiger partial charge is 0.379 e. The van der Waals surface area contributed by atoms with Crippen molar-refractivity contribution in [1.82, 2.24) is 10.2 Å². The topological polar surface area (TPSA) is 76.8 Å². The summed E-state index contributed by atoms with van der Waals surface area (Å²) in [6.45, 7) is 13.2. The normalized spacial score (nSPS) is 33.7. The van der Waals surface area contributed by atoms with Crippen molar-refractivity contribution in [3.05, 3.63) is 0 Å². The molecule has 26 heavy (non-hydrogen) atoms. The van der Waals surface area contributed by atoms with Crippen molar-refractivity contribution in [3.63, 3.8) is 0 Å². The monoisotopic (exact) mass is 411 g/mol. The van der Waals surface area contributed by atoms with E-state index in [-0.39, 0.29) is 53.7 Å². The van der Waals surface area contributed by atoms with Gasteiger partial charge in [0.2, 0.25) is 5.91 Å². The Labute approximate surface area is 169 Å². The molecule has 3 aliphatic rings. The highest BCUT2D eigenvalue weighted by Gasteiger charge is 2.70. The lowest BCUT2D eigenvalue weighted by molar-refractivity contribution is -0.225. The lowest BCUT2D eigenvalue weighted by atomic mass is 9.46. The first-order chi connectivity index (χ1) is 11.2. The van der Waals surface area contributed by atoms with Gasteiger partial charge in [-0.15, -0.1) is 24.8 Å². The van der Waals surface area contributed by atoms with Crippen LogP contribution in [0.2, 0.25) is 0 Å². The molecule has 0 aromatic heterocycles. The number of carbonyl (C=O) groups excluding carboxylic acids is 1. The summed E-state index contributed by atoms with van der Waals surface area (Å²) < 4.78 is 11.3. The van der Waals surface area contributed by atoms with Crippen molar-refractivity contribution < 1.29 is 14.3 Å². The van der Waals surface area contributed by atoms with Crippen LogP contribution in [0.1, 0.15) is 40.5 Å². The first kappa shape index (κ1) is 23.9. The molecule has 154 valence electrons. The van der Waals surface area contributed by atoms with Crippen LogP contribution in [0.4, 0.5) is 0 Å². The first-order valence-corrected chi connectivity index (χ1v) is 9.23. The summed E-state index contributed by atoms with van der Waals surface area (Å²) in [6, 6.07) is 0. The number of fused-ring (bicyclic) bond motifs is 1. The molecule has 0 radical (unpaired) electrons. The molecule has 0 aromatic rings. The maximum absolute atomic E-state index is 13.0. The highest BCUT2D eigenvalue weighted by molar-refractivity contribution is 5.89. The fourth-order valence-electron chi connectivity index (χ4n) is 4.76. The second kappa shape index (κ2) is 8.50. The number of carbonyl (C=O) groups is 1. The Morgan fingerprint density at radius 2 is 1.85 bits per heavy atom. The maximum atomic E-state index is 13.0. The minimum absolute atomic E-state index is 0. The summed E-state index contributed by atoms with van der Waals surface area (Å²) in [4.78, 5) is 15.4. The van der Waals surface area contributed by atoms with Crippen LogP contribution in [-0.4, -0.2) is 67.4 Å². The smallest absolute Gasteiger partial charge is 0.241 e. The van der Waals surface area contributed by atoms with Crippen LogP contribution < -0.4 is 11.1 Å². The standard InChI is InChI=1S/C18H33N3O3.2ClH/c1-16(2,21-7-10-23-11-8-21)12-20-15(22)18(19)13-6-5-9-24-14(13)17(18,3)4;;/h13-14H,5-12,19H2,1-4H3,(H,20,22);2*1H. The third-order valence-corrected chi connectivity index (χ3v) is 6.61. The first-order valence-electron chi connectivity index (χ1n) is 9.23. The van der Waals surface area contributed by atoms with Gasteiger partial charge in [-0.05, 0) is 26.7 Å². The molecule has 1 amide bonds. The Hall–Kier alpha value is -0.110. The van der Waals surface area contributed by atoms with Gasteiger partial charge in [0.25, 0.3) is 0 Å². The summed E-state index contributed by atoms with van der Waals surface area (Å²) in [6.07, 6.45) is 2.07. The van der Waals surface area contributed by atoms with E-state index in [1.165, 1.54) is 0 Å². The molecule has 1 saturated carbocycles. The quantitative estimate of drug-likeness (QED) is 0.734. The summed E-state index contributed by atoms with van der Waals surface area (Å²) in [5.41, 5.74) is 5.39. The molecular weight excluding hydrogens is 377 g/mol. The van der Waals surface area contributed by atoms with E-state index in [4.69, 9.17) is 15.2 Å². The van der Waals surface area contributed by atoms with Crippen molar-refractivity contribution in [3.8, 4) is 0 Å². The van der Waals surface area contributed by atoms with Gasteiger partial charge in [0.15, 0.2) is 0 Å². The summed E-state index contributed by atoms with van der Waals surface area (Å²) in [7, 11) is 0. The summed E-state index contributed by atoms with van der Waals surface area (Å²) in [5.74, 6) is 0.105. The van der Waals surface area contributed by atoms with Crippen molar-refractivity contribution in [2.75, 3.05) is 39.5 Å². The van der Waals surface area contributed by atoms with Gasteiger partial charge >= 0.3 is 0 Å². The molecule has 2 saturated heterocycles. The molecule has 3 atom stereocenters. The molecule has 6 nitrogen and oxygen atoms in total. The molecular formula is C18H35Cl2N3O3. The predicted octanol–water partition coefficient (Wildman–Crippen LogP) is 1.59. The van der Waals surface area contributed by atoms with Crippen LogP contribution >= 0.6 is 24.8 Å². The lowest BCUT2D eigenvalue weighted by Crippen LogP contribution is -2.82. The SMILES string of the molecule is CC(C)(CNC(=O)C1(N)C2CCCOC2C1(C)C)N1CCOCC1.Cl.Cl. The van der Waals surface area contributed by atoms with Gasteiger partial charge in [-0.3, -0.25) is 9.69 Å². The van der Waals surface area contributed by atoms with Crippen LogP contribution in [0.5, 0.6) is 0 Å². The molecule has 0 spiro atoms. The van der Waals surface area contributed by atoms with E-state index >= 15 is 0 Å². The number of nitrogens with one attached hydrogen (secondary N) is 1. The predicted molar refractivity (Wildman–Crippen MR) is 107 cm³/mol. The average Bonchev–Trinajstić information content (AvgIpc) is 2.59. The molecule has 8 heteroatoms. The number of halogens is 2. The fourth-order valence-corrected chi connectivity index (χ4v) is 4.76. The molecule has 3 fully saturated rings. The number of ether oxygens (including phenoxy) is 2. The number of hydrogen-bond donors (Lipinski definition) is 2. The molecule has 0 bridgehead atoms. The Morgan fingerprint density at radius 3 is 2.46 bits per heavy atom. The number of nitrogens with zero attached hydrogens (tertiary/aromatic N) is 1. The molecule has 3 N–H and O–H groups in total. The minimum atomic E-state index is -0.834. The molecule has 1 aliphatic carbocycles. The molecule has 2 aliphatic heterocycles. The van der Waals surface area contributed by atoms with Gasteiger partial charge in [0, 0.05) is 43.1 Å². The van der Waals surface area contributed by atoms with Gasteiger partial charge in [-0.2, -0.15) is 0 Å². The highest BCUT2D eigenvalue weighted by Crippen LogP contribution is 2.57. The Bertz CT molecular complexity index is 498. The number of hydrogen-bond acceptors (Lipinski definition) is 5. The van der Waals surface area contributed by atoms with Crippen molar-refractivity contribution in [1.29, 1.82) is 0 Å². The average molecular weight is 412 g/mol. The van der Waals surface area contributed by atoms with Crippen LogP contribution in [0.3, 0.4) is 0 Å². The Balaban J connectivity index is 0.00000169. The van der Waals surface area contributed by atoms with Gasteiger partial charge < -0.3 is 20.5 Å². The minimum Gasteiger partial charge on any atom is -0.379 e. The van der Waals surface area contributed by atoms with Crippen LogP contribution in [-0.2, 0) is 14.3 Å².